The molecule has 21 heavy (non-hydrogen) atoms. The Morgan fingerprint density at radius 3 is 2.57 bits per heavy atom. The largest absolute Gasteiger partial charge is 0.455 e. The number of aryl methyl sites for hydroxylation is 1. The summed E-state index contributed by atoms with van der Waals surface area (Å²) in [5, 5.41) is 1.14. The van der Waals surface area contributed by atoms with Gasteiger partial charge < -0.3 is 4.42 Å². The number of furan rings is 1. The number of rotatable bonds is 3. The Labute approximate surface area is 141 Å². The fraction of sp³-hybridized carbons (Fsp3) is 0.176. The van der Waals surface area contributed by atoms with Gasteiger partial charge in [-0.25, -0.2) is 4.39 Å². The Morgan fingerprint density at radius 1 is 1.19 bits per heavy atom. The van der Waals surface area contributed by atoms with Gasteiger partial charge in [0.05, 0.1) is 4.90 Å². The predicted octanol–water partition coefficient (Wildman–Crippen LogP) is 6.26. The number of halogens is 2. The monoisotopic (exact) mass is 412 g/mol. The molecule has 0 fully saturated rings. The lowest BCUT2D eigenvalue weighted by Crippen LogP contribution is -1.80. The average Bonchev–Trinajstić information content (AvgIpc) is 2.80. The Morgan fingerprint density at radius 2 is 1.90 bits per heavy atom. The molecule has 3 aromatic rings. The van der Waals surface area contributed by atoms with Crippen molar-refractivity contribution < 1.29 is 8.81 Å². The molecule has 0 atom stereocenters. The fourth-order valence-electron chi connectivity index (χ4n) is 2.38. The van der Waals surface area contributed by atoms with Crippen LogP contribution in [0.15, 0.2) is 45.7 Å². The van der Waals surface area contributed by atoms with Crippen LogP contribution in [0.3, 0.4) is 0 Å². The minimum Gasteiger partial charge on any atom is -0.455 e. The Balaban J connectivity index is 2.28. The molecule has 0 amide bonds. The molecule has 0 saturated carbocycles. The van der Waals surface area contributed by atoms with E-state index in [2.05, 4.69) is 48.6 Å². The molecule has 108 valence electrons. The van der Waals surface area contributed by atoms with Gasteiger partial charge >= 0.3 is 0 Å². The van der Waals surface area contributed by atoms with Gasteiger partial charge in [-0.2, -0.15) is 0 Å². The fourth-order valence-corrected chi connectivity index (χ4v) is 4.05. The number of fused-ring (bicyclic) bond motifs is 1. The maximum atomic E-state index is 13.1. The highest BCUT2D eigenvalue weighted by Crippen LogP contribution is 2.41. The van der Waals surface area contributed by atoms with Gasteiger partial charge in [0.15, 0.2) is 0 Å². The first-order valence-corrected chi connectivity index (χ1v) is 8.78. The highest BCUT2D eigenvalue weighted by atomic mass is 127. The molecule has 0 unspecified atom stereocenters. The molecule has 4 heteroatoms. The molecule has 1 nitrogen and oxygen atoms in total. The summed E-state index contributed by atoms with van der Waals surface area (Å²) < 4.78 is 20.4. The van der Waals surface area contributed by atoms with Crippen LogP contribution in [-0.2, 0) is 0 Å². The van der Waals surface area contributed by atoms with Crippen LogP contribution in [0.5, 0.6) is 0 Å². The summed E-state index contributed by atoms with van der Waals surface area (Å²) in [7, 11) is 0. The molecular weight excluding hydrogens is 398 g/mol. The van der Waals surface area contributed by atoms with E-state index < -0.39 is 0 Å². The third-order valence-corrected chi connectivity index (χ3v) is 4.89. The number of hydrogen-bond donors (Lipinski definition) is 0. The summed E-state index contributed by atoms with van der Waals surface area (Å²) in [6.07, 6.45) is 0. The molecule has 0 radical (unpaired) electrons. The van der Waals surface area contributed by atoms with Crippen molar-refractivity contribution in [3.63, 3.8) is 0 Å². The van der Waals surface area contributed by atoms with E-state index in [1.54, 1.807) is 23.9 Å². The second-order valence-corrected chi connectivity index (χ2v) is 7.32. The van der Waals surface area contributed by atoms with Gasteiger partial charge in [0, 0.05) is 14.5 Å². The first-order valence-electron chi connectivity index (χ1n) is 6.71. The molecule has 1 aromatic heterocycles. The smallest absolute Gasteiger partial charge is 0.148 e. The summed E-state index contributed by atoms with van der Waals surface area (Å²) in [5.41, 5.74) is 2.96. The van der Waals surface area contributed by atoms with Gasteiger partial charge in [-0.05, 0) is 77.2 Å². The van der Waals surface area contributed by atoms with Crippen molar-refractivity contribution in [2.45, 2.75) is 18.7 Å². The first-order chi connectivity index (χ1) is 10.1. The van der Waals surface area contributed by atoms with Gasteiger partial charge in [-0.3, -0.25) is 0 Å². The summed E-state index contributed by atoms with van der Waals surface area (Å²) in [6, 6.07) is 10.7. The molecule has 3 rings (SSSR count). The van der Waals surface area contributed by atoms with Gasteiger partial charge in [-0.15, -0.1) is 11.8 Å². The molecular formula is C17H14FIOS. The van der Waals surface area contributed by atoms with Gasteiger partial charge in [-0.1, -0.05) is 6.92 Å². The SMILES string of the molecule is CCSc1c(-c2ccc(F)cc2)oc2c(C)cc(I)cc12. The van der Waals surface area contributed by atoms with E-state index in [1.165, 1.54) is 15.7 Å². The number of thioether (sulfide) groups is 1. The second kappa shape index (κ2) is 6.01. The van der Waals surface area contributed by atoms with Crippen LogP contribution in [0.25, 0.3) is 22.3 Å². The quantitative estimate of drug-likeness (QED) is 0.372. The maximum absolute atomic E-state index is 13.1. The van der Waals surface area contributed by atoms with E-state index in [0.29, 0.717) is 0 Å². The van der Waals surface area contributed by atoms with Crippen LogP contribution in [0.1, 0.15) is 12.5 Å². The van der Waals surface area contributed by atoms with E-state index in [9.17, 15) is 4.39 Å². The Hall–Kier alpha value is -1.01. The highest BCUT2D eigenvalue weighted by Gasteiger charge is 2.18. The Kier molecular flexibility index (Phi) is 4.26. The summed E-state index contributed by atoms with van der Waals surface area (Å²) in [6.45, 7) is 4.18. The molecule has 1 heterocycles. The first kappa shape index (κ1) is 14.9. The van der Waals surface area contributed by atoms with E-state index in [1.807, 2.05) is 0 Å². The van der Waals surface area contributed by atoms with Crippen molar-refractivity contribution in [3.8, 4) is 11.3 Å². The average molecular weight is 412 g/mol. The molecule has 0 aliphatic heterocycles. The standard InChI is InChI=1S/C17H14FIOS/c1-3-21-17-14-9-13(19)8-10(2)15(14)20-16(17)11-4-6-12(18)7-5-11/h4-9H,3H2,1-2H3. The summed E-state index contributed by atoms with van der Waals surface area (Å²) in [4.78, 5) is 1.14. The molecule has 0 aliphatic carbocycles. The summed E-state index contributed by atoms with van der Waals surface area (Å²) >= 11 is 4.09. The van der Waals surface area contributed by atoms with Crippen LogP contribution in [0, 0.1) is 16.3 Å². The maximum Gasteiger partial charge on any atom is 0.148 e. The minimum absolute atomic E-state index is 0.231. The van der Waals surface area contributed by atoms with Crippen LogP contribution >= 0.6 is 34.4 Å². The van der Waals surface area contributed by atoms with Gasteiger partial charge in [0.1, 0.15) is 17.2 Å². The van der Waals surface area contributed by atoms with Crippen LogP contribution in [0.2, 0.25) is 0 Å². The van der Waals surface area contributed by atoms with Crippen molar-refractivity contribution in [3.05, 3.63) is 51.3 Å². The van der Waals surface area contributed by atoms with E-state index >= 15 is 0 Å². The minimum atomic E-state index is -0.231. The predicted molar refractivity (Wildman–Crippen MR) is 95.5 cm³/mol. The molecule has 2 aromatic carbocycles. The van der Waals surface area contributed by atoms with Gasteiger partial charge in [0.2, 0.25) is 0 Å². The van der Waals surface area contributed by atoms with Crippen LogP contribution in [0.4, 0.5) is 4.39 Å². The lowest BCUT2D eigenvalue weighted by atomic mass is 10.1. The lowest BCUT2D eigenvalue weighted by Gasteiger charge is -2.01. The topological polar surface area (TPSA) is 13.1 Å². The Bertz CT molecular complexity index is 793. The zero-order valence-electron chi connectivity index (χ0n) is 11.7. The molecule has 0 N–H and O–H groups in total. The molecule has 0 aliphatic rings. The van der Waals surface area contributed by atoms with Crippen molar-refractivity contribution in [2.75, 3.05) is 5.75 Å². The summed E-state index contributed by atoms with van der Waals surface area (Å²) in [5.74, 6) is 1.57. The van der Waals surface area contributed by atoms with Crippen LogP contribution in [-0.4, -0.2) is 5.75 Å². The number of benzene rings is 2. The molecule has 0 bridgehead atoms. The third-order valence-electron chi connectivity index (χ3n) is 3.29. The third kappa shape index (κ3) is 2.83. The van der Waals surface area contributed by atoms with Crippen molar-refractivity contribution in [1.29, 1.82) is 0 Å². The van der Waals surface area contributed by atoms with Crippen molar-refractivity contribution in [1.82, 2.24) is 0 Å². The van der Waals surface area contributed by atoms with E-state index in [-0.39, 0.29) is 5.82 Å². The zero-order valence-corrected chi connectivity index (χ0v) is 14.7. The molecule has 0 spiro atoms. The lowest BCUT2D eigenvalue weighted by molar-refractivity contribution is 0.618. The van der Waals surface area contributed by atoms with Crippen LogP contribution < -0.4 is 0 Å². The number of hydrogen-bond acceptors (Lipinski definition) is 2. The normalized spacial score (nSPS) is 11.2. The van der Waals surface area contributed by atoms with Crippen molar-refractivity contribution >= 4 is 45.3 Å². The highest BCUT2D eigenvalue weighted by molar-refractivity contribution is 14.1. The van der Waals surface area contributed by atoms with E-state index in [0.717, 1.165) is 38.5 Å². The molecule has 0 saturated heterocycles. The second-order valence-electron chi connectivity index (χ2n) is 4.80. The van der Waals surface area contributed by atoms with Gasteiger partial charge in [0.25, 0.3) is 0 Å². The van der Waals surface area contributed by atoms with E-state index in [4.69, 9.17) is 4.42 Å². The zero-order chi connectivity index (χ0) is 15.0. The van der Waals surface area contributed by atoms with Crippen molar-refractivity contribution in [2.24, 2.45) is 0 Å².